The van der Waals surface area contributed by atoms with E-state index in [2.05, 4.69) is 11.3 Å². The molecule has 6 nitrogen and oxygen atoms in total. The van der Waals surface area contributed by atoms with Gasteiger partial charge >= 0.3 is 0 Å². The van der Waals surface area contributed by atoms with Crippen molar-refractivity contribution in [3.63, 3.8) is 0 Å². The van der Waals surface area contributed by atoms with Crippen LogP contribution in [0.4, 0.5) is 0 Å². The normalized spacial score (nSPS) is 10.8. The van der Waals surface area contributed by atoms with Gasteiger partial charge in [0, 0.05) is 33.7 Å². The molecule has 6 heteroatoms. The second kappa shape index (κ2) is 13.3. The largest absolute Gasteiger partial charge is 0.497 e. The Labute approximate surface area is 144 Å². The van der Waals surface area contributed by atoms with Gasteiger partial charge in [-0.05, 0) is 24.1 Å². The number of rotatable bonds is 9. The average molecular weight is 336 g/mol. The lowest BCUT2D eigenvalue weighted by Gasteiger charge is -2.21. The maximum Gasteiger partial charge on any atom is 0.223 e. The molecule has 1 aromatic rings. The third-order valence-electron chi connectivity index (χ3n) is 3.10. The molecule has 0 aliphatic heterocycles. The molecular weight excluding hydrogens is 308 g/mol. The van der Waals surface area contributed by atoms with Gasteiger partial charge in [0.2, 0.25) is 5.91 Å². The molecule has 0 fully saturated rings. The Balaban J connectivity index is 0.00000163. The van der Waals surface area contributed by atoms with Crippen LogP contribution in [0.1, 0.15) is 18.4 Å². The molecule has 1 atom stereocenters. The maximum absolute atomic E-state index is 12.2. The summed E-state index contributed by atoms with van der Waals surface area (Å²) in [6.07, 6.45) is 2.96. The van der Waals surface area contributed by atoms with Crippen LogP contribution in [0.3, 0.4) is 0 Å². The lowest BCUT2D eigenvalue weighted by Crippen LogP contribution is -2.32. The van der Waals surface area contributed by atoms with Gasteiger partial charge in [-0.3, -0.25) is 4.79 Å². The Morgan fingerprint density at radius 3 is 2.33 bits per heavy atom. The molecule has 0 saturated carbocycles. The fourth-order valence-corrected chi connectivity index (χ4v) is 1.88. The summed E-state index contributed by atoms with van der Waals surface area (Å²) in [4.78, 5) is 24.3. The van der Waals surface area contributed by atoms with Crippen molar-refractivity contribution in [3.05, 3.63) is 42.5 Å². The standard InChI is InChI=1S/C16H22N2O3.C2H6O/c1-3-10-18(16(20)9-6-14(17)12-19)11-13-4-7-15(21-2)8-5-13;1-3-2/h3-5,7-8,12,14H,1,6,9-11,17H2,2H3;1-2H3. The maximum atomic E-state index is 12.2. The number of carbonyl (C=O) groups excluding carboxylic acids is 2. The van der Waals surface area contributed by atoms with Gasteiger partial charge in [0.05, 0.1) is 13.2 Å². The number of carbonyl (C=O) groups is 2. The van der Waals surface area contributed by atoms with E-state index in [9.17, 15) is 9.59 Å². The smallest absolute Gasteiger partial charge is 0.223 e. The predicted molar refractivity (Wildman–Crippen MR) is 94.8 cm³/mol. The molecule has 2 N–H and O–H groups in total. The van der Waals surface area contributed by atoms with Gasteiger partial charge in [-0.1, -0.05) is 18.2 Å². The van der Waals surface area contributed by atoms with E-state index in [0.29, 0.717) is 25.8 Å². The van der Waals surface area contributed by atoms with Crippen molar-refractivity contribution in [3.8, 4) is 5.75 Å². The van der Waals surface area contributed by atoms with Crippen molar-refractivity contribution >= 4 is 12.2 Å². The Morgan fingerprint density at radius 1 is 1.29 bits per heavy atom. The second-order valence-electron chi connectivity index (χ2n) is 5.16. The number of amides is 1. The zero-order chi connectivity index (χ0) is 18.4. The fourth-order valence-electron chi connectivity index (χ4n) is 1.88. The topological polar surface area (TPSA) is 81.9 Å². The second-order valence-corrected chi connectivity index (χ2v) is 5.16. The molecule has 1 rings (SSSR count). The highest BCUT2D eigenvalue weighted by molar-refractivity contribution is 5.77. The summed E-state index contributed by atoms with van der Waals surface area (Å²) in [5, 5.41) is 0. The van der Waals surface area contributed by atoms with Crippen molar-refractivity contribution in [1.82, 2.24) is 4.90 Å². The predicted octanol–water partition coefficient (Wildman–Crippen LogP) is 1.78. The number of hydrogen-bond acceptors (Lipinski definition) is 5. The molecule has 0 radical (unpaired) electrons. The molecule has 0 bridgehead atoms. The molecule has 1 amide bonds. The third-order valence-corrected chi connectivity index (χ3v) is 3.10. The van der Waals surface area contributed by atoms with Crippen LogP contribution in [-0.4, -0.2) is 51.0 Å². The molecule has 0 aliphatic rings. The number of aldehydes is 1. The Hall–Kier alpha value is -2.18. The molecule has 1 aromatic carbocycles. The monoisotopic (exact) mass is 336 g/mol. The van der Waals surface area contributed by atoms with Gasteiger partial charge in [0.1, 0.15) is 12.0 Å². The molecule has 24 heavy (non-hydrogen) atoms. The van der Waals surface area contributed by atoms with Crippen molar-refractivity contribution < 1.29 is 19.1 Å². The minimum absolute atomic E-state index is 0.0389. The number of nitrogens with zero attached hydrogens (tertiary/aromatic N) is 1. The summed E-state index contributed by atoms with van der Waals surface area (Å²) in [6, 6.07) is 6.96. The van der Waals surface area contributed by atoms with Gasteiger partial charge in [0.25, 0.3) is 0 Å². The van der Waals surface area contributed by atoms with E-state index < -0.39 is 6.04 Å². The first kappa shape index (κ1) is 21.8. The Morgan fingerprint density at radius 2 is 1.88 bits per heavy atom. The summed E-state index contributed by atoms with van der Waals surface area (Å²) >= 11 is 0. The summed E-state index contributed by atoms with van der Waals surface area (Å²) in [6.45, 7) is 4.62. The molecule has 0 heterocycles. The molecule has 1 unspecified atom stereocenters. The highest BCUT2D eigenvalue weighted by Crippen LogP contribution is 2.14. The van der Waals surface area contributed by atoms with Crippen LogP contribution in [0.2, 0.25) is 0 Å². The van der Waals surface area contributed by atoms with E-state index in [-0.39, 0.29) is 12.3 Å². The van der Waals surface area contributed by atoms with Crippen molar-refractivity contribution in [2.24, 2.45) is 5.73 Å². The van der Waals surface area contributed by atoms with Crippen molar-refractivity contribution in [2.75, 3.05) is 27.9 Å². The molecule has 134 valence electrons. The van der Waals surface area contributed by atoms with E-state index in [0.717, 1.165) is 11.3 Å². The first-order chi connectivity index (χ1) is 11.5. The van der Waals surface area contributed by atoms with Crippen molar-refractivity contribution in [1.29, 1.82) is 0 Å². The Kier molecular flexibility index (Phi) is 12.1. The van der Waals surface area contributed by atoms with Gasteiger partial charge in [-0.15, -0.1) is 6.58 Å². The number of ether oxygens (including phenoxy) is 2. The number of hydrogen-bond donors (Lipinski definition) is 1. The van der Waals surface area contributed by atoms with Gasteiger partial charge in [0.15, 0.2) is 0 Å². The highest BCUT2D eigenvalue weighted by atomic mass is 16.5. The summed E-state index contributed by atoms with van der Waals surface area (Å²) in [5.74, 6) is 0.736. The SMILES string of the molecule is C=CCN(Cc1ccc(OC)cc1)C(=O)CCC(N)C=O.COC. The minimum Gasteiger partial charge on any atom is -0.497 e. The van der Waals surface area contributed by atoms with Gasteiger partial charge in [-0.2, -0.15) is 0 Å². The quantitative estimate of drug-likeness (QED) is 0.549. The summed E-state index contributed by atoms with van der Waals surface area (Å²) in [5.41, 5.74) is 6.51. The van der Waals surface area contributed by atoms with E-state index >= 15 is 0 Å². The summed E-state index contributed by atoms with van der Waals surface area (Å²) in [7, 11) is 4.86. The van der Waals surface area contributed by atoms with Crippen LogP contribution in [0.5, 0.6) is 5.75 Å². The van der Waals surface area contributed by atoms with E-state index in [1.807, 2.05) is 24.3 Å². The van der Waals surface area contributed by atoms with Crippen LogP contribution in [0.25, 0.3) is 0 Å². The van der Waals surface area contributed by atoms with Crippen LogP contribution < -0.4 is 10.5 Å². The third kappa shape index (κ3) is 9.07. The molecular formula is C18H28N2O4. The Bertz CT molecular complexity index is 488. The van der Waals surface area contributed by atoms with Crippen LogP contribution in [0.15, 0.2) is 36.9 Å². The lowest BCUT2D eigenvalue weighted by molar-refractivity contribution is -0.131. The zero-order valence-electron chi connectivity index (χ0n) is 14.7. The van der Waals surface area contributed by atoms with E-state index in [1.165, 1.54) is 0 Å². The lowest BCUT2D eigenvalue weighted by atomic mass is 10.1. The molecule has 0 aromatic heterocycles. The molecule has 0 spiro atoms. The zero-order valence-corrected chi connectivity index (χ0v) is 14.7. The van der Waals surface area contributed by atoms with Gasteiger partial charge in [-0.25, -0.2) is 0 Å². The van der Waals surface area contributed by atoms with E-state index in [1.54, 1.807) is 32.3 Å². The molecule has 0 saturated heterocycles. The van der Waals surface area contributed by atoms with Crippen LogP contribution in [-0.2, 0) is 20.9 Å². The first-order valence-corrected chi connectivity index (χ1v) is 7.64. The first-order valence-electron chi connectivity index (χ1n) is 7.64. The minimum atomic E-state index is -0.583. The van der Waals surface area contributed by atoms with Crippen LogP contribution in [0, 0.1) is 0 Å². The van der Waals surface area contributed by atoms with Gasteiger partial charge < -0.3 is 24.9 Å². The van der Waals surface area contributed by atoms with Crippen molar-refractivity contribution in [2.45, 2.75) is 25.4 Å². The number of methoxy groups -OCH3 is 2. The molecule has 0 aliphatic carbocycles. The summed E-state index contributed by atoms with van der Waals surface area (Å²) < 4.78 is 9.35. The highest BCUT2D eigenvalue weighted by Gasteiger charge is 2.14. The van der Waals surface area contributed by atoms with Crippen LogP contribution >= 0.6 is 0 Å². The number of benzene rings is 1. The fraction of sp³-hybridized carbons (Fsp3) is 0.444. The average Bonchev–Trinajstić information content (AvgIpc) is 2.60. The number of nitrogens with two attached hydrogens (primary N) is 1. The van der Waals surface area contributed by atoms with E-state index in [4.69, 9.17) is 10.5 Å².